The van der Waals surface area contributed by atoms with Crippen molar-refractivity contribution in [2.24, 2.45) is 5.41 Å². The molecule has 2 saturated heterocycles. The molecule has 0 bridgehead atoms. The summed E-state index contributed by atoms with van der Waals surface area (Å²) in [5, 5.41) is 14.2. The lowest BCUT2D eigenvalue weighted by atomic mass is 9.77. The summed E-state index contributed by atoms with van der Waals surface area (Å²) < 4.78 is 80.7. The molecule has 2 atom stereocenters. The van der Waals surface area contributed by atoms with Gasteiger partial charge in [0.2, 0.25) is 0 Å². The molecule has 2 N–H and O–H groups in total. The van der Waals surface area contributed by atoms with Crippen molar-refractivity contribution in [3.8, 4) is 5.75 Å². The van der Waals surface area contributed by atoms with E-state index >= 15 is 0 Å². The Morgan fingerprint density at radius 3 is 2.30 bits per heavy atom. The number of carbonyl (C=O) groups is 2. The molecule has 0 saturated carbocycles. The molecule has 2 aliphatic rings. The van der Waals surface area contributed by atoms with Crippen molar-refractivity contribution < 1.29 is 60.0 Å². The minimum Gasteiger partial charge on any atom is -0.491 e. The van der Waals surface area contributed by atoms with Gasteiger partial charge in [0.1, 0.15) is 5.75 Å². The van der Waals surface area contributed by atoms with Crippen LogP contribution in [0.4, 0.5) is 26.3 Å². The molecule has 206 valence electrons. The Morgan fingerprint density at radius 2 is 1.78 bits per heavy atom. The number of halogens is 6. The van der Waals surface area contributed by atoms with Crippen LogP contribution in [0, 0.1) is 5.41 Å². The zero-order chi connectivity index (χ0) is 27.7. The van der Waals surface area contributed by atoms with Crippen LogP contribution in [0.2, 0.25) is 0 Å². The zero-order valence-corrected chi connectivity index (χ0v) is 19.2. The maximum absolute atomic E-state index is 10.6. The predicted molar refractivity (Wildman–Crippen MR) is 113 cm³/mol. The first-order valence-electron chi connectivity index (χ1n) is 10.7. The monoisotopic (exact) mass is 542 g/mol. The van der Waals surface area contributed by atoms with Crippen LogP contribution in [0.3, 0.4) is 0 Å². The fourth-order valence-corrected chi connectivity index (χ4v) is 3.78. The fourth-order valence-electron chi connectivity index (χ4n) is 3.78. The van der Waals surface area contributed by atoms with E-state index in [1.54, 1.807) is 18.7 Å². The second-order valence-electron chi connectivity index (χ2n) is 8.19. The number of carboxylic acids is 2. The van der Waals surface area contributed by atoms with E-state index in [2.05, 4.69) is 9.88 Å². The normalized spacial score (nSPS) is 21.5. The van der Waals surface area contributed by atoms with Crippen molar-refractivity contribution >= 4 is 11.9 Å². The molecule has 0 spiro atoms. The van der Waals surface area contributed by atoms with Crippen LogP contribution in [0.1, 0.15) is 18.4 Å². The highest BCUT2D eigenvalue weighted by molar-refractivity contribution is 5.73. The number of piperidine rings is 1. The van der Waals surface area contributed by atoms with E-state index in [4.69, 9.17) is 33.7 Å². The molecule has 0 amide bonds. The zero-order valence-electron chi connectivity index (χ0n) is 19.2. The smallest absolute Gasteiger partial charge is 0.490 e. The third-order valence-corrected chi connectivity index (χ3v) is 5.48. The quantitative estimate of drug-likeness (QED) is 0.540. The van der Waals surface area contributed by atoms with Crippen LogP contribution in [-0.2, 0) is 20.9 Å². The Balaban J connectivity index is 0.000000286. The van der Waals surface area contributed by atoms with Gasteiger partial charge in [-0.25, -0.2) is 9.59 Å². The first-order chi connectivity index (χ1) is 17.2. The first kappa shape index (κ1) is 29.9. The second kappa shape index (κ2) is 12.8. The molecule has 0 radical (unpaired) electrons. The minimum absolute atomic E-state index is 0.0812. The van der Waals surface area contributed by atoms with Crippen LogP contribution >= 0.6 is 0 Å². The highest BCUT2D eigenvalue weighted by atomic mass is 19.4. The van der Waals surface area contributed by atoms with Crippen LogP contribution in [0.15, 0.2) is 47.5 Å². The van der Waals surface area contributed by atoms with Gasteiger partial charge in [-0.2, -0.15) is 26.3 Å². The van der Waals surface area contributed by atoms with Crippen molar-refractivity contribution in [2.75, 3.05) is 26.3 Å². The Labute approximate surface area is 206 Å². The molecule has 37 heavy (non-hydrogen) atoms. The standard InChI is InChI=1S/C18H22N2O3.2C2HF3O2/c1-2-16(10-19-6-1)23-14-18-5-9-22-17(18)3-7-20(13-18)11-15-4-8-21-12-15;2*3-2(4,5)1(6)7/h1-2,4,6,8,10,12,17H,3,5,7,9,11,13-14H2;2*(H,6,7)/t17-,18+;;/m1../s1. The summed E-state index contributed by atoms with van der Waals surface area (Å²) in [5.41, 5.74) is 1.31. The molecule has 2 fully saturated rings. The summed E-state index contributed by atoms with van der Waals surface area (Å²) in [5.74, 6) is -4.68. The van der Waals surface area contributed by atoms with Gasteiger partial charge >= 0.3 is 24.3 Å². The van der Waals surface area contributed by atoms with Gasteiger partial charge in [0.05, 0.1) is 31.4 Å². The Hall–Kier alpha value is -3.33. The van der Waals surface area contributed by atoms with E-state index in [0.29, 0.717) is 12.7 Å². The predicted octanol–water partition coefficient (Wildman–Crippen LogP) is 4.00. The van der Waals surface area contributed by atoms with E-state index in [1.165, 1.54) is 5.56 Å². The number of hydrogen-bond donors (Lipinski definition) is 2. The number of nitrogens with zero attached hydrogens (tertiary/aromatic N) is 2. The van der Waals surface area contributed by atoms with Gasteiger partial charge in [-0.05, 0) is 31.0 Å². The average Bonchev–Trinajstić information content (AvgIpc) is 3.48. The molecule has 2 aromatic rings. The number of carboxylic acid groups (broad SMARTS) is 2. The number of aliphatic carboxylic acids is 2. The molecule has 0 aromatic carbocycles. The highest BCUT2D eigenvalue weighted by Gasteiger charge is 2.48. The van der Waals surface area contributed by atoms with Gasteiger partial charge in [-0.15, -0.1) is 0 Å². The minimum atomic E-state index is -5.08. The number of pyridine rings is 1. The van der Waals surface area contributed by atoms with Crippen molar-refractivity contribution in [3.05, 3.63) is 48.7 Å². The topological polar surface area (TPSA) is 122 Å². The van der Waals surface area contributed by atoms with Crippen molar-refractivity contribution in [3.63, 3.8) is 0 Å². The van der Waals surface area contributed by atoms with Crippen LogP contribution in [0.5, 0.6) is 5.75 Å². The Kier molecular flexibility index (Phi) is 10.3. The van der Waals surface area contributed by atoms with Gasteiger partial charge < -0.3 is 24.1 Å². The summed E-state index contributed by atoms with van der Waals surface area (Å²) in [4.78, 5) is 24.4. The molecule has 4 heterocycles. The average molecular weight is 542 g/mol. The molecule has 2 aliphatic heterocycles. The number of furan rings is 1. The third kappa shape index (κ3) is 9.57. The van der Waals surface area contributed by atoms with Gasteiger partial charge in [-0.3, -0.25) is 9.88 Å². The van der Waals surface area contributed by atoms with E-state index < -0.39 is 24.3 Å². The number of rotatable bonds is 5. The number of aromatic nitrogens is 1. The summed E-state index contributed by atoms with van der Waals surface area (Å²) in [6.07, 6.45) is -0.640. The van der Waals surface area contributed by atoms with E-state index in [0.717, 1.165) is 44.8 Å². The second-order valence-corrected chi connectivity index (χ2v) is 8.19. The van der Waals surface area contributed by atoms with Gasteiger partial charge in [0.25, 0.3) is 0 Å². The maximum atomic E-state index is 10.6. The number of fused-ring (bicyclic) bond motifs is 1. The lowest BCUT2D eigenvalue weighted by Gasteiger charge is -2.43. The number of alkyl halides is 6. The van der Waals surface area contributed by atoms with Gasteiger partial charge in [0, 0.05) is 43.4 Å². The van der Waals surface area contributed by atoms with Crippen LogP contribution in [0.25, 0.3) is 0 Å². The molecular weight excluding hydrogens is 518 g/mol. The number of hydrogen-bond acceptors (Lipinski definition) is 7. The van der Waals surface area contributed by atoms with E-state index in [1.807, 2.05) is 24.5 Å². The molecule has 9 nitrogen and oxygen atoms in total. The molecule has 0 aliphatic carbocycles. The van der Waals surface area contributed by atoms with Gasteiger partial charge in [-0.1, -0.05) is 0 Å². The van der Waals surface area contributed by atoms with Crippen molar-refractivity contribution in [1.29, 1.82) is 0 Å². The lowest BCUT2D eigenvalue weighted by molar-refractivity contribution is -0.193. The summed E-state index contributed by atoms with van der Waals surface area (Å²) in [6, 6.07) is 5.90. The van der Waals surface area contributed by atoms with Crippen LogP contribution < -0.4 is 4.74 Å². The molecule has 15 heteroatoms. The largest absolute Gasteiger partial charge is 0.491 e. The molecular formula is C22H24F6N2O7. The summed E-state index contributed by atoms with van der Waals surface area (Å²) in [7, 11) is 0. The lowest BCUT2D eigenvalue weighted by Crippen LogP contribution is -2.52. The number of ether oxygens (including phenoxy) is 2. The molecule has 2 aromatic heterocycles. The molecule has 4 rings (SSSR count). The highest BCUT2D eigenvalue weighted by Crippen LogP contribution is 2.41. The van der Waals surface area contributed by atoms with Crippen molar-refractivity contribution in [2.45, 2.75) is 37.8 Å². The fraction of sp³-hybridized carbons (Fsp3) is 0.500. The van der Waals surface area contributed by atoms with Crippen LogP contribution in [-0.4, -0.2) is 76.8 Å². The maximum Gasteiger partial charge on any atom is 0.490 e. The summed E-state index contributed by atoms with van der Waals surface area (Å²) in [6.45, 7) is 4.51. The Bertz CT molecular complexity index is 962. The van der Waals surface area contributed by atoms with Crippen molar-refractivity contribution in [1.82, 2.24) is 9.88 Å². The third-order valence-electron chi connectivity index (χ3n) is 5.48. The Morgan fingerprint density at radius 1 is 1.14 bits per heavy atom. The van der Waals surface area contributed by atoms with Gasteiger partial charge in [0.15, 0.2) is 0 Å². The summed E-state index contributed by atoms with van der Waals surface area (Å²) >= 11 is 0. The SMILES string of the molecule is O=C(O)C(F)(F)F.O=C(O)C(F)(F)F.c1cncc(OC[C@@]23CCO[C@@H]2CCN(Cc2ccoc2)C3)c1. The molecule has 0 unspecified atom stereocenters. The van der Waals surface area contributed by atoms with E-state index in [-0.39, 0.29) is 5.41 Å². The van der Waals surface area contributed by atoms with E-state index in [9.17, 15) is 26.3 Å². The first-order valence-corrected chi connectivity index (χ1v) is 10.7. The number of likely N-dealkylation sites (tertiary alicyclic amines) is 1.